The van der Waals surface area contributed by atoms with Crippen molar-refractivity contribution in [2.45, 2.75) is 6.61 Å². The van der Waals surface area contributed by atoms with Crippen LogP contribution in [0.2, 0.25) is 0 Å². The van der Waals surface area contributed by atoms with Gasteiger partial charge in [-0.3, -0.25) is 9.67 Å². The van der Waals surface area contributed by atoms with Gasteiger partial charge in [-0.2, -0.15) is 5.10 Å². The fourth-order valence-corrected chi connectivity index (χ4v) is 1.25. The van der Waals surface area contributed by atoms with Crippen LogP contribution >= 0.6 is 0 Å². The van der Waals surface area contributed by atoms with Gasteiger partial charge in [0.05, 0.1) is 5.56 Å². The zero-order chi connectivity index (χ0) is 12.8. The quantitative estimate of drug-likeness (QED) is 0.436. The van der Waals surface area contributed by atoms with Gasteiger partial charge in [-0.15, -0.1) is 0 Å². The van der Waals surface area contributed by atoms with E-state index in [1.54, 1.807) is 36.4 Å². The normalized spacial score (nSPS) is 10.3. The van der Waals surface area contributed by atoms with Crippen LogP contribution in [0.3, 0.4) is 0 Å². The summed E-state index contributed by atoms with van der Waals surface area (Å²) >= 11 is 0. The van der Waals surface area contributed by atoms with Crippen LogP contribution in [0.5, 0.6) is 0 Å². The Labute approximate surface area is 103 Å². The number of hydrogen-bond donors (Lipinski definition) is 0. The van der Waals surface area contributed by atoms with Crippen molar-refractivity contribution >= 4 is 5.97 Å². The average molecular weight is 248 g/mol. The number of nitrogens with zero attached hydrogens (tertiary/aromatic N) is 4. The average Bonchev–Trinajstić information content (AvgIpc) is 2.81. The molecule has 94 valence electrons. The first kappa shape index (κ1) is 12.2. The number of ether oxygens (including phenoxy) is 2. The van der Waals surface area contributed by atoms with E-state index in [2.05, 4.69) is 15.1 Å². The predicted molar refractivity (Wildman–Crippen MR) is 60.3 cm³/mol. The van der Waals surface area contributed by atoms with E-state index in [1.807, 2.05) is 0 Å². The number of esters is 1. The molecular formula is C11H12N4O3. The van der Waals surface area contributed by atoms with E-state index in [0.29, 0.717) is 11.4 Å². The molecule has 2 rings (SSSR count). The van der Waals surface area contributed by atoms with E-state index in [1.165, 1.54) is 6.20 Å². The lowest BCUT2D eigenvalue weighted by Gasteiger charge is -2.04. The molecule has 0 fully saturated rings. The van der Waals surface area contributed by atoms with Gasteiger partial charge in [-0.25, -0.2) is 9.78 Å². The van der Waals surface area contributed by atoms with Gasteiger partial charge in [0.25, 0.3) is 0 Å². The third kappa shape index (κ3) is 3.36. The topological polar surface area (TPSA) is 79.1 Å². The lowest BCUT2D eigenvalue weighted by molar-refractivity contribution is -0.0398. The van der Waals surface area contributed by atoms with Gasteiger partial charge in [0.1, 0.15) is 12.9 Å². The standard InChI is InChI=1S/C11H12N4O3/c1-15-7-13-10(14-15)6-17-8-18-11(16)9-3-2-4-12-5-9/h2-5,7H,6,8H2,1H3. The molecule has 0 aliphatic rings. The molecule has 2 aromatic heterocycles. The number of aryl methyl sites for hydroxylation is 1. The number of carbonyl (C=O) groups excluding carboxylic acids is 1. The highest BCUT2D eigenvalue weighted by Crippen LogP contribution is 1.99. The van der Waals surface area contributed by atoms with Crippen LogP contribution < -0.4 is 0 Å². The SMILES string of the molecule is Cn1cnc(COCOC(=O)c2cccnc2)n1. The van der Waals surface area contributed by atoms with E-state index in [4.69, 9.17) is 9.47 Å². The van der Waals surface area contributed by atoms with Crippen molar-refractivity contribution in [3.8, 4) is 0 Å². The fourth-order valence-electron chi connectivity index (χ4n) is 1.25. The minimum atomic E-state index is -0.475. The summed E-state index contributed by atoms with van der Waals surface area (Å²) in [5, 5.41) is 4.02. The minimum absolute atomic E-state index is 0.147. The summed E-state index contributed by atoms with van der Waals surface area (Å²) in [6, 6.07) is 3.28. The predicted octanol–water partition coefficient (Wildman–Crippen LogP) is 0.541. The molecule has 0 atom stereocenters. The molecule has 0 unspecified atom stereocenters. The van der Waals surface area contributed by atoms with Gasteiger partial charge in [0.15, 0.2) is 12.6 Å². The van der Waals surface area contributed by atoms with Gasteiger partial charge >= 0.3 is 5.97 Å². The Morgan fingerprint density at radius 3 is 3.06 bits per heavy atom. The zero-order valence-electron chi connectivity index (χ0n) is 9.81. The van der Waals surface area contributed by atoms with Crippen molar-refractivity contribution in [3.05, 3.63) is 42.2 Å². The summed E-state index contributed by atoms with van der Waals surface area (Å²) in [4.78, 5) is 19.3. The second kappa shape index (κ2) is 5.87. The summed E-state index contributed by atoms with van der Waals surface area (Å²) < 4.78 is 11.6. The van der Waals surface area contributed by atoms with E-state index in [9.17, 15) is 4.79 Å². The summed E-state index contributed by atoms with van der Waals surface area (Å²) in [6.07, 6.45) is 4.59. The molecule has 7 nitrogen and oxygen atoms in total. The van der Waals surface area contributed by atoms with Crippen molar-refractivity contribution in [2.24, 2.45) is 7.05 Å². The number of hydrogen-bond acceptors (Lipinski definition) is 6. The van der Waals surface area contributed by atoms with Gasteiger partial charge in [0.2, 0.25) is 0 Å². The number of rotatable bonds is 5. The molecular weight excluding hydrogens is 236 g/mol. The number of pyridine rings is 1. The largest absolute Gasteiger partial charge is 0.435 e. The van der Waals surface area contributed by atoms with E-state index < -0.39 is 5.97 Å². The summed E-state index contributed by atoms with van der Waals surface area (Å²) in [7, 11) is 1.76. The Kier molecular flexibility index (Phi) is 3.98. The Morgan fingerprint density at radius 1 is 1.50 bits per heavy atom. The molecule has 0 aliphatic carbocycles. The van der Waals surface area contributed by atoms with Gasteiger partial charge in [-0.05, 0) is 12.1 Å². The molecule has 0 saturated carbocycles. The van der Waals surface area contributed by atoms with Crippen molar-refractivity contribution in [1.82, 2.24) is 19.7 Å². The van der Waals surface area contributed by atoms with Crippen LogP contribution in [0.15, 0.2) is 30.9 Å². The molecule has 0 spiro atoms. The van der Waals surface area contributed by atoms with Crippen LogP contribution in [0, 0.1) is 0 Å². The maximum Gasteiger partial charge on any atom is 0.341 e. The Hall–Kier alpha value is -2.28. The molecule has 18 heavy (non-hydrogen) atoms. The third-order valence-electron chi connectivity index (χ3n) is 2.05. The zero-order valence-corrected chi connectivity index (χ0v) is 9.81. The first-order valence-corrected chi connectivity index (χ1v) is 5.25. The molecule has 0 aromatic carbocycles. The molecule has 0 radical (unpaired) electrons. The van der Waals surface area contributed by atoms with Crippen molar-refractivity contribution in [3.63, 3.8) is 0 Å². The third-order valence-corrected chi connectivity index (χ3v) is 2.05. The smallest absolute Gasteiger partial charge is 0.341 e. The summed E-state index contributed by atoms with van der Waals surface area (Å²) in [5.41, 5.74) is 0.386. The maximum atomic E-state index is 11.5. The highest BCUT2D eigenvalue weighted by Gasteiger charge is 2.06. The first-order chi connectivity index (χ1) is 8.75. The number of carbonyl (C=O) groups is 1. The van der Waals surface area contributed by atoms with Crippen LogP contribution in [0.1, 0.15) is 16.2 Å². The Bertz CT molecular complexity index is 512. The second-order valence-electron chi connectivity index (χ2n) is 3.47. The van der Waals surface area contributed by atoms with Crippen LogP contribution in [0.25, 0.3) is 0 Å². The minimum Gasteiger partial charge on any atom is -0.435 e. The molecule has 0 aliphatic heterocycles. The number of aromatic nitrogens is 4. The molecule has 2 heterocycles. The molecule has 2 aromatic rings. The van der Waals surface area contributed by atoms with Gasteiger partial charge < -0.3 is 9.47 Å². The molecule has 0 amide bonds. The summed E-state index contributed by atoms with van der Waals surface area (Å²) in [5.74, 6) is 0.0620. The van der Waals surface area contributed by atoms with Crippen LogP contribution in [-0.4, -0.2) is 32.5 Å². The highest BCUT2D eigenvalue weighted by atomic mass is 16.7. The van der Waals surface area contributed by atoms with Crippen LogP contribution in [0.4, 0.5) is 0 Å². The van der Waals surface area contributed by atoms with Crippen molar-refractivity contribution in [1.29, 1.82) is 0 Å². The van der Waals surface area contributed by atoms with Gasteiger partial charge in [0, 0.05) is 19.4 Å². The molecule has 0 saturated heterocycles. The molecule has 0 bridgehead atoms. The fraction of sp³-hybridized carbons (Fsp3) is 0.273. The second-order valence-corrected chi connectivity index (χ2v) is 3.47. The maximum absolute atomic E-state index is 11.5. The van der Waals surface area contributed by atoms with Crippen molar-refractivity contribution in [2.75, 3.05) is 6.79 Å². The van der Waals surface area contributed by atoms with Crippen LogP contribution in [-0.2, 0) is 23.1 Å². The van der Waals surface area contributed by atoms with E-state index in [0.717, 1.165) is 0 Å². The lowest BCUT2D eigenvalue weighted by atomic mass is 10.3. The van der Waals surface area contributed by atoms with Gasteiger partial charge in [-0.1, -0.05) is 0 Å². The van der Waals surface area contributed by atoms with E-state index in [-0.39, 0.29) is 13.4 Å². The lowest BCUT2D eigenvalue weighted by Crippen LogP contribution is -2.09. The Morgan fingerprint density at radius 2 is 2.39 bits per heavy atom. The molecule has 7 heteroatoms. The summed E-state index contributed by atoms with van der Waals surface area (Å²) in [6.45, 7) is 0.0488. The monoisotopic (exact) mass is 248 g/mol. The first-order valence-electron chi connectivity index (χ1n) is 5.25. The molecule has 0 N–H and O–H groups in total. The highest BCUT2D eigenvalue weighted by molar-refractivity contribution is 5.88. The Balaban J connectivity index is 1.71. The van der Waals surface area contributed by atoms with Crippen molar-refractivity contribution < 1.29 is 14.3 Å². The van der Waals surface area contributed by atoms with E-state index >= 15 is 0 Å².